The normalized spacial score (nSPS) is 37.3. The number of rotatable bonds is 5. The van der Waals surface area contributed by atoms with Crippen molar-refractivity contribution in [1.82, 2.24) is 10.2 Å². The van der Waals surface area contributed by atoms with E-state index in [1.165, 1.54) is 38.6 Å². The number of aliphatic hydroxyl groups excluding tert-OH is 1. The van der Waals surface area contributed by atoms with Gasteiger partial charge in [0.15, 0.2) is 0 Å². The first-order valence-electron chi connectivity index (χ1n) is 7.80. The lowest BCUT2D eigenvalue weighted by molar-refractivity contribution is 0.0597. The lowest BCUT2D eigenvalue weighted by Crippen LogP contribution is -2.49. The third-order valence-electron chi connectivity index (χ3n) is 5.14. The van der Waals surface area contributed by atoms with Crippen LogP contribution in [0.5, 0.6) is 0 Å². The Kier molecular flexibility index (Phi) is 5.46. The molecule has 106 valence electrons. The minimum Gasteiger partial charge on any atom is -0.395 e. The van der Waals surface area contributed by atoms with Crippen molar-refractivity contribution >= 4 is 0 Å². The van der Waals surface area contributed by atoms with E-state index in [9.17, 15) is 5.11 Å². The van der Waals surface area contributed by atoms with Gasteiger partial charge in [-0.1, -0.05) is 26.7 Å². The second-order valence-corrected chi connectivity index (χ2v) is 6.35. The van der Waals surface area contributed by atoms with E-state index >= 15 is 0 Å². The predicted molar refractivity (Wildman–Crippen MR) is 75.7 cm³/mol. The van der Waals surface area contributed by atoms with Crippen LogP contribution in [0.1, 0.15) is 46.0 Å². The van der Waals surface area contributed by atoms with Crippen molar-refractivity contribution in [2.24, 2.45) is 11.8 Å². The molecule has 1 saturated heterocycles. The van der Waals surface area contributed by atoms with Crippen molar-refractivity contribution in [1.29, 1.82) is 0 Å². The molecule has 2 aliphatic rings. The number of hydrogen-bond acceptors (Lipinski definition) is 3. The smallest absolute Gasteiger partial charge is 0.0558 e. The van der Waals surface area contributed by atoms with Crippen LogP contribution in [0.2, 0.25) is 0 Å². The first kappa shape index (κ1) is 14.3. The van der Waals surface area contributed by atoms with Gasteiger partial charge in [0.1, 0.15) is 0 Å². The molecule has 18 heavy (non-hydrogen) atoms. The predicted octanol–water partition coefficient (Wildman–Crippen LogP) is 1.86. The van der Waals surface area contributed by atoms with Crippen LogP contribution in [0.4, 0.5) is 0 Å². The molecule has 0 amide bonds. The molecule has 0 radical (unpaired) electrons. The summed E-state index contributed by atoms with van der Waals surface area (Å²) in [6.45, 7) is 8.24. The zero-order valence-corrected chi connectivity index (χ0v) is 12.1. The van der Waals surface area contributed by atoms with Gasteiger partial charge in [0, 0.05) is 25.2 Å². The summed E-state index contributed by atoms with van der Waals surface area (Å²) in [5, 5.41) is 12.9. The lowest BCUT2D eigenvalue weighted by Gasteiger charge is -2.42. The van der Waals surface area contributed by atoms with Gasteiger partial charge in [-0.25, -0.2) is 0 Å². The fourth-order valence-electron chi connectivity index (χ4n) is 3.79. The van der Waals surface area contributed by atoms with Crippen LogP contribution in [-0.2, 0) is 0 Å². The van der Waals surface area contributed by atoms with E-state index in [1.54, 1.807) is 0 Å². The van der Waals surface area contributed by atoms with Crippen LogP contribution in [0.15, 0.2) is 0 Å². The van der Waals surface area contributed by atoms with Gasteiger partial charge >= 0.3 is 0 Å². The van der Waals surface area contributed by atoms with Crippen molar-refractivity contribution < 1.29 is 5.11 Å². The summed E-state index contributed by atoms with van der Waals surface area (Å²) in [6.07, 6.45) is 6.67. The summed E-state index contributed by atoms with van der Waals surface area (Å²) >= 11 is 0. The molecule has 1 aliphatic carbocycles. The highest BCUT2D eigenvalue weighted by Gasteiger charge is 2.32. The molecule has 1 heterocycles. The molecule has 3 nitrogen and oxygen atoms in total. The van der Waals surface area contributed by atoms with Crippen LogP contribution >= 0.6 is 0 Å². The Morgan fingerprint density at radius 1 is 1.17 bits per heavy atom. The summed E-state index contributed by atoms with van der Waals surface area (Å²) in [7, 11) is 0. The second-order valence-electron chi connectivity index (χ2n) is 6.35. The third kappa shape index (κ3) is 3.46. The van der Waals surface area contributed by atoms with Gasteiger partial charge in [-0.05, 0) is 37.6 Å². The van der Waals surface area contributed by atoms with Gasteiger partial charge in [0.05, 0.1) is 6.61 Å². The van der Waals surface area contributed by atoms with Gasteiger partial charge in [0.25, 0.3) is 0 Å². The molecule has 2 N–H and O–H groups in total. The van der Waals surface area contributed by atoms with Crippen LogP contribution in [0.25, 0.3) is 0 Å². The molecule has 2 rings (SSSR count). The van der Waals surface area contributed by atoms with E-state index in [1.807, 2.05) is 0 Å². The Morgan fingerprint density at radius 2 is 2.00 bits per heavy atom. The number of nitrogens with one attached hydrogen (secondary N) is 1. The van der Waals surface area contributed by atoms with E-state index < -0.39 is 0 Å². The number of hydrogen-bond donors (Lipinski definition) is 2. The molecule has 2 fully saturated rings. The largest absolute Gasteiger partial charge is 0.395 e. The van der Waals surface area contributed by atoms with Crippen molar-refractivity contribution in [2.45, 2.75) is 58.0 Å². The molecule has 0 bridgehead atoms. The monoisotopic (exact) mass is 254 g/mol. The first-order chi connectivity index (χ1) is 8.72. The lowest BCUT2D eigenvalue weighted by atomic mass is 9.77. The highest BCUT2D eigenvalue weighted by atomic mass is 16.3. The van der Waals surface area contributed by atoms with Crippen LogP contribution in [0, 0.1) is 11.8 Å². The van der Waals surface area contributed by atoms with Crippen molar-refractivity contribution in [2.75, 3.05) is 26.2 Å². The first-order valence-corrected chi connectivity index (χ1v) is 7.80. The van der Waals surface area contributed by atoms with Gasteiger partial charge in [-0.15, -0.1) is 0 Å². The molecule has 0 aromatic rings. The summed E-state index contributed by atoms with van der Waals surface area (Å²) < 4.78 is 0. The molecule has 1 saturated carbocycles. The average Bonchev–Trinajstić information content (AvgIpc) is 2.85. The van der Waals surface area contributed by atoms with E-state index in [0.29, 0.717) is 18.7 Å². The fraction of sp³-hybridized carbons (Fsp3) is 1.00. The van der Waals surface area contributed by atoms with Gasteiger partial charge in [0.2, 0.25) is 0 Å². The van der Waals surface area contributed by atoms with Gasteiger partial charge < -0.3 is 10.4 Å². The topological polar surface area (TPSA) is 35.5 Å². The van der Waals surface area contributed by atoms with E-state index in [4.69, 9.17) is 0 Å². The molecule has 0 spiro atoms. The van der Waals surface area contributed by atoms with Crippen molar-refractivity contribution in [3.63, 3.8) is 0 Å². The molecule has 4 unspecified atom stereocenters. The maximum atomic E-state index is 9.33. The molecule has 4 atom stereocenters. The maximum absolute atomic E-state index is 9.33. The molecule has 3 heteroatoms. The zero-order valence-electron chi connectivity index (χ0n) is 12.1. The Morgan fingerprint density at radius 3 is 2.67 bits per heavy atom. The molecule has 0 aromatic heterocycles. The highest BCUT2D eigenvalue weighted by Crippen LogP contribution is 2.33. The Hall–Kier alpha value is -0.120. The van der Waals surface area contributed by atoms with Crippen LogP contribution in [0.3, 0.4) is 0 Å². The summed E-state index contributed by atoms with van der Waals surface area (Å²) in [6, 6.07) is 1.34. The van der Waals surface area contributed by atoms with Gasteiger partial charge in [-0.2, -0.15) is 0 Å². The highest BCUT2D eigenvalue weighted by molar-refractivity contribution is 4.87. The summed E-state index contributed by atoms with van der Waals surface area (Å²) in [5.74, 6) is 1.60. The number of nitrogens with zero attached hydrogens (tertiary/aromatic N) is 1. The number of aliphatic hydroxyl groups is 1. The molecule has 1 aliphatic heterocycles. The summed E-state index contributed by atoms with van der Waals surface area (Å²) in [5.41, 5.74) is 0. The van der Waals surface area contributed by atoms with Crippen LogP contribution < -0.4 is 5.32 Å². The molecular formula is C15H30N2O. The molecular weight excluding hydrogens is 224 g/mol. The minimum absolute atomic E-state index is 0.296. The van der Waals surface area contributed by atoms with Crippen LogP contribution in [-0.4, -0.2) is 48.3 Å². The Labute approximate surface area is 112 Å². The Bertz CT molecular complexity index is 241. The second kappa shape index (κ2) is 6.88. The summed E-state index contributed by atoms with van der Waals surface area (Å²) in [4.78, 5) is 2.56. The van der Waals surface area contributed by atoms with Crippen molar-refractivity contribution in [3.8, 4) is 0 Å². The van der Waals surface area contributed by atoms with E-state index in [0.717, 1.165) is 24.9 Å². The molecule has 0 aromatic carbocycles. The SMILES string of the molecule is CC1CCCC(N(CCO)CC2CCCN2)C1C. The quantitative estimate of drug-likeness (QED) is 0.786. The zero-order chi connectivity index (χ0) is 13.0. The minimum atomic E-state index is 0.296. The fourth-order valence-corrected chi connectivity index (χ4v) is 3.79. The standard InChI is InChI=1S/C15H30N2O/c1-12-5-3-7-15(13(12)2)17(9-10-18)11-14-6-4-8-16-14/h12-16,18H,3-11H2,1-2H3. The van der Waals surface area contributed by atoms with Gasteiger partial charge in [-0.3, -0.25) is 4.90 Å². The maximum Gasteiger partial charge on any atom is 0.0558 e. The van der Waals surface area contributed by atoms with E-state index in [-0.39, 0.29) is 0 Å². The average molecular weight is 254 g/mol. The van der Waals surface area contributed by atoms with Crippen molar-refractivity contribution in [3.05, 3.63) is 0 Å². The van der Waals surface area contributed by atoms with E-state index in [2.05, 4.69) is 24.1 Å². The Balaban J connectivity index is 1.94. The third-order valence-corrected chi connectivity index (χ3v) is 5.14.